The summed E-state index contributed by atoms with van der Waals surface area (Å²) in [5.41, 5.74) is 0.709. The summed E-state index contributed by atoms with van der Waals surface area (Å²) in [6.45, 7) is 1.59. The van der Waals surface area contributed by atoms with Gasteiger partial charge >= 0.3 is 23.1 Å². The lowest BCUT2D eigenvalue weighted by Crippen LogP contribution is -2.21. The molecule has 2 aromatic heterocycles. The molecule has 8 heteroatoms. The fourth-order valence-electron chi connectivity index (χ4n) is 2.61. The maximum absolute atomic E-state index is 13.3. The Morgan fingerprint density at radius 3 is 2.63 bits per heavy atom. The van der Waals surface area contributed by atoms with Crippen LogP contribution < -0.4 is 5.63 Å². The lowest BCUT2D eigenvalue weighted by atomic mass is 10.0. The van der Waals surface area contributed by atoms with Crippen LogP contribution in [-0.4, -0.2) is 35.4 Å². The number of carbonyl (C=O) groups excluding carboxylic acids is 1. The Morgan fingerprint density at radius 1 is 1.22 bits per heavy atom. The summed E-state index contributed by atoms with van der Waals surface area (Å²) in [7, 11) is 2.92. The first-order valence-electron chi connectivity index (χ1n) is 7.87. The summed E-state index contributed by atoms with van der Waals surface area (Å²) in [6.07, 6.45) is 0. The molecule has 0 amide bonds. The van der Waals surface area contributed by atoms with Crippen LogP contribution in [0.4, 0.5) is 10.2 Å². The summed E-state index contributed by atoms with van der Waals surface area (Å²) in [4.78, 5) is 28.0. The summed E-state index contributed by atoms with van der Waals surface area (Å²) < 4.78 is 24.8. The molecule has 2 heterocycles. The number of hydrogen-bond donors (Lipinski definition) is 0. The van der Waals surface area contributed by atoms with E-state index in [2.05, 4.69) is 4.98 Å². The second-order valence-electron chi connectivity index (χ2n) is 5.76. The average molecular weight is 390 g/mol. The molecule has 1 aromatic carbocycles. The molecule has 0 aliphatic heterocycles. The van der Waals surface area contributed by atoms with Gasteiger partial charge in [-0.05, 0) is 29.2 Å². The predicted molar refractivity (Wildman–Crippen MR) is 99.2 cm³/mol. The number of methoxy groups -OCH3 is 1. The number of hydrogen-bond acceptors (Lipinski definition) is 5. The molecule has 0 bridgehead atoms. The zero-order valence-electron chi connectivity index (χ0n) is 14.7. The molecule has 138 valence electrons. The average Bonchev–Trinajstić information content (AvgIpc) is 2.65. The van der Waals surface area contributed by atoms with Gasteiger partial charge in [0.1, 0.15) is 5.82 Å². The number of aromatic nitrogens is 1. The third-order valence-electron chi connectivity index (χ3n) is 4.14. The summed E-state index contributed by atoms with van der Waals surface area (Å²) in [5, 5.41) is 0.689. The van der Waals surface area contributed by atoms with Crippen LogP contribution in [-0.2, 0) is 9.53 Å². The molecule has 0 radical (unpaired) electrons. The highest BCUT2D eigenvalue weighted by Gasteiger charge is 2.20. The fraction of sp³-hybridized carbons (Fsp3) is 0.158. The Morgan fingerprint density at radius 2 is 1.96 bits per heavy atom. The number of fused-ring (bicyclic) bond motifs is 1. The topological polar surface area (TPSA) is 72.4 Å². The first kappa shape index (κ1) is 18.7. The van der Waals surface area contributed by atoms with E-state index in [0.717, 1.165) is 0 Å². The van der Waals surface area contributed by atoms with Crippen LogP contribution in [0, 0.1) is 5.82 Å². The third-order valence-corrected chi connectivity index (χ3v) is 4.46. The molecular formula is C19H15ClFN2O4+. The Kier molecular flexibility index (Phi) is 5.05. The lowest BCUT2D eigenvalue weighted by Gasteiger charge is -2.07. The van der Waals surface area contributed by atoms with Crippen LogP contribution >= 0.6 is 11.6 Å². The molecule has 0 unspecified atom stereocenters. The number of rotatable bonds is 3. The first-order valence-corrected chi connectivity index (χ1v) is 8.25. The molecular weight excluding hydrogens is 375 g/mol. The second kappa shape index (κ2) is 7.28. The number of carbonyl (C=O) groups is 1. The second-order valence-corrected chi connectivity index (χ2v) is 6.17. The number of halogens is 2. The highest BCUT2D eigenvalue weighted by atomic mass is 35.5. The molecule has 0 aliphatic rings. The minimum absolute atomic E-state index is 0.0694. The van der Waals surface area contributed by atoms with Gasteiger partial charge in [-0.1, -0.05) is 11.6 Å². The molecule has 0 aliphatic carbocycles. The van der Waals surface area contributed by atoms with E-state index in [4.69, 9.17) is 20.8 Å². The van der Waals surface area contributed by atoms with E-state index in [0.29, 0.717) is 28.0 Å². The van der Waals surface area contributed by atoms with Crippen molar-refractivity contribution < 1.29 is 22.9 Å². The molecule has 0 spiro atoms. The molecule has 0 saturated heterocycles. The van der Waals surface area contributed by atoms with E-state index in [1.807, 2.05) is 0 Å². The quantitative estimate of drug-likeness (QED) is 0.389. The molecule has 3 rings (SSSR count). The SMILES string of the molecule is COC(=O)C(C)=[N+](C)c1ccc2c(-c3ccc(F)cc3Cl)cc(=O)oc2n1. The Hall–Kier alpha value is -3.06. The van der Waals surface area contributed by atoms with Gasteiger partial charge in [-0.25, -0.2) is 18.6 Å². The van der Waals surface area contributed by atoms with E-state index < -0.39 is 17.4 Å². The van der Waals surface area contributed by atoms with Crippen molar-refractivity contribution in [3.05, 3.63) is 57.7 Å². The number of pyridine rings is 1. The maximum Gasteiger partial charge on any atom is 0.373 e. The molecule has 0 N–H and O–H groups in total. The van der Waals surface area contributed by atoms with Gasteiger partial charge in [-0.2, -0.15) is 0 Å². The lowest BCUT2D eigenvalue weighted by molar-refractivity contribution is -0.409. The van der Waals surface area contributed by atoms with E-state index in [-0.39, 0.29) is 10.7 Å². The van der Waals surface area contributed by atoms with Crippen LogP contribution in [0.25, 0.3) is 22.2 Å². The van der Waals surface area contributed by atoms with Crippen molar-refractivity contribution in [3.63, 3.8) is 0 Å². The molecule has 0 fully saturated rings. The van der Waals surface area contributed by atoms with E-state index in [1.165, 1.54) is 36.0 Å². The zero-order valence-corrected chi connectivity index (χ0v) is 15.5. The van der Waals surface area contributed by atoms with Crippen molar-refractivity contribution >= 4 is 40.2 Å². The van der Waals surface area contributed by atoms with Crippen molar-refractivity contribution in [1.82, 2.24) is 4.98 Å². The minimum atomic E-state index is -0.626. The van der Waals surface area contributed by atoms with Crippen molar-refractivity contribution in [1.29, 1.82) is 0 Å². The van der Waals surface area contributed by atoms with Gasteiger partial charge < -0.3 is 9.15 Å². The van der Waals surface area contributed by atoms with E-state index in [9.17, 15) is 14.0 Å². The largest absolute Gasteiger partial charge is 0.463 e. The van der Waals surface area contributed by atoms with Crippen molar-refractivity contribution in [2.45, 2.75) is 6.92 Å². The van der Waals surface area contributed by atoms with Crippen molar-refractivity contribution in [3.8, 4) is 11.1 Å². The van der Waals surface area contributed by atoms with Gasteiger partial charge in [-0.15, -0.1) is 0 Å². The Balaban J connectivity index is 2.23. The standard InChI is InChI=1S/C19H15ClFN2O4/c1-10(19(25)26-3)23(2)16-7-6-13-14(9-17(24)27-18(13)22-16)12-5-4-11(21)8-15(12)20/h4-9H,1-3H3/q+1. The highest BCUT2D eigenvalue weighted by Crippen LogP contribution is 2.33. The number of nitrogens with zero attached hydrogens (tertiary/aromatic N) is 2. The normalized spacial score (nSPS) is 12.0. The van der Waals surface area contributed by atoms with Gasteiger partial charge in [0.25, 0.3) is 0 Å². The van der Waals surface area contributed by atoms with Crippen LogP contribution in [0.1, 0.15) is 6.92 Å². The predicted octanol–water partition coefficient (Wildman–Crippen LogP) is 3.56. The maximum atomic E-state index is 13.3. The summed E-state index contributed by atoms with van der Waals surface area (Å²) in [5.74, 6) is -0.601. The molecule has 0 atom stereocenters. The number of ether oxygens (including phenoxy) is 1. The molecule has 6 nitrogen and oxygen atoms in total. The van der Waals surface area contributed by atoms with Gasteiger partial charge in [0.05, 0.1) is 24.6 Å². The molecule has 3 aromatic rings. The third kappa shape index (κ3) is 3.59. The minimum Gasteiger partial charge on any atom is -0.463 e. The van der Waals surface area contributed by atoms with Crippen molar-refractivity contribution in [2.24, 2.45) is 0 Å². The molecule has 0 saturated carbocycles. The van der Waals surface area contributed by atoms with E-state index >= 15 is 0 Å². The first-order chi connectivity index (χ1) is 12.8. The Bertz CT molecular complexity index is 1150. The van der Waals surface area contributed by atoms with Crippen molar-refractivity contribution in [2.75, 3.05) is 14.2 Å². The van der Waals surface area contributed by atoms with Gasteiger partial charge in [0.15, 0.2) is 5.71 Å². The zero-order chi connectivity index (χ0) is 19.7. The van der Waals surface area contributed by atoms with E-state index in [1.54, 1.807) is 26.1 Å². The summed E-state index contributed by atoms with van der Waals surface area (Å²) in [6, 6.07) is 8.54. The monoisotopic (exact) mass is 389 g/mol. The van der Waals surface area contributed by atoms with Gasteiger partial charge in [-0.3, -0.25) is 0 Å². The number of esters is 1. The van der Waals surface area contributed by atoms with Crippen LogP contribution in [0.5, 0.6) is 0 Å². The van der Waals surface area contributed by atoms with Crippen LogP contribution in [0.3, 0.4) is 0 Å². The van der Waals surface area contributed by atoms with Gasteiger partial charge in [0, 0.05) is 30.2 Å². The Labute approximate surface area is 158 Å². The summed E-state index contributed by atoms with van der Waals surface area (Å²) >= 11 is 6.13. The molecule has 27 heavy (non-hydrogen) atoms. The van der Waals surface area contributed by atoms with Gasteiger partial charge in [0.2, 0.25) is 0 Å². The smallest absolute Gasteiger partial charge is 0.373 e. The number of benzene rings is 1. The van der Waals surface area contributed by atoms with Crippen LogP contribution in [0.2, 0.25) is 5.02 Å². The van der Waals surface area contributed by atoms with Crippen LogP contribution in [0.15, 0.2) is 45.6 Å². The highest BCUT2D eigenvalue weighted by molar-refractivity contribution is 6.34. The fourth-order valence-corrected chi connectivity index (χ4v) is 2.88.